The number of halogens is 1. The lowest BCUT2D eigenvalue weighted by molar-refractivity contribution is -0.149. The van der Waals surface area contributed by atoms with E-state index in [1.165, 1.54) is 4.90 Å². The summed E-state index contributed by atoms with van der Waals surface area (Å²) in [6.07, 6.45) is 1.56. The number of amides is 2. The molecule has 2 aromatic carbocycles. The monoisotopic (exact) mass is 542 g/mol. The van der Waals surface area contributed by atoms with E-state index in [1.807, 2.05) is 42.5 Å². The molecule has 2 amide bonds. The van der Waals surface area contributed by atoms with Crippen LogP contribution >= 0.6 is 15.9 Å². The largest absolute Gasteiger partial charge is 0.481 e. The standard InChI is InChI=1S/C26H27BrN2O6/c1-2-10-28(17-9-8-15-6-3-4-7-16(15)13-17)24(32)22-26-14-18(27)21(35-26)19(25(33)34)20(26)23(31)29(22)11-5-12-30/h2-4,6-9,13,18-22,30H,1,5,10-12,14H2,(H,33,34)/t18?,19-,20+,21-,22-,26+/m1/s1. The van der Waals surface area contributed by atoms with E-state index in [4.69, 9.17) is 4.74 Å². The molecule has 0 aromatic heterocycles. The van der Waals surface area contributed by atoms with Gasteiger partial charge in [0.05, 0.1) is 17.9 Å². The zero-order valence-corrected chi connectivity index (χ0v) is 20.6. The lowest BCUT2D eigenvalue weighted by Crippen LogP contribution is -2.57. The van der Waals surface area contributed by atoms with Gasteiger partial charge in [0, 0.05) is 30.2 Å². The van der Waals surface area contributed by atoms with Crippen LogP contribution in [0.2, 0.25) is 0 Å². The second-order valence-corrected chi connectivity index (χ2v) is 10.6. The summed E-state index contributed by atoms with van der Waals surface area (Å²) in [5.41, 5.74) is -0.595. The summed E-state index contributed by atoms with van der Waals surface area (Å²) in [5.74, 6) is -3.84. The van der Waals surface area contributed by atoms with Crippen molar-refractivity contribution in [1.29, 1.82) is 0 Å². The summed E-state index contributed by atoms with van der Waals surface area (Å²) in [6.45, 7) is 4.00. The number of aliphatic hydroxyl groups excluding tert-OH is 1. The summed E-state index contributed by atoms with van der Waals surface area (Å²) in [6, 6.07) is 12.5. The van der Waals surface area contributed by atoms with Crippen LogP contribution in [0.3, 0.4) is 0 Å². The van der Waals surface area contributed by atoms with Crippen LogP contribution in [-0.2, 0) is 19.1 Å². The van der Waals surface area contributed by atoms with Crippen LogP contribution in [0.25, 0.3) is 10.8 Å². The molecule has 3 saturated heterocycles. The number of hydrogen-bond donors (Lipinski definition) is 2. The Balaban J connectivity index is 1.59. The second kappa shape index (κ2) is 9.04. The first-order valence-corrected chi connectivity index (χ1v) is 12.6. The van der Waals surface area contributed by atoms with Crippen molar-refractivity contribution in [1.82, 2.24) is 4.90 Å². The number of carbonyl (C=O) groups is 3. The molecule has 3 aliphatic rings. The van der Waals surface area contributed by atoms with Crippen molar-refractivity contribution in [3.8, 4) is 0 Å². The van der Waals surface area contributed by atoms with Gasteiger partial charge >= 0.3 is 5.97 Å². The molecule has 2 N–H and O–H groups in total. The molecule has 0 radical (unpaired) electrons. The fraction of sp³-hybridized carbons (Fsp3) is 0.423. The zero-order valence-electron chi connectivity index (χ0n) is 19.0. The lowest BCUT2D eigenvalue weighted by Gasteiger charge is -2.37. The van der Waals surface area contributed by atoms with Gasteiger partial charge in [-0.2, -0.15) is 0 Å². The molecule has 3 fully saturated rings. The Bertz CT molecular complexity index is 1200. The Morgan fingerprint density at radius 1 is 1.26 bits per heavy atom. The Morgan fingerprint density at radius 2 is 2.00 bits per heavy atom. The van der Waals surface area contributed by atoms with Crippen molar-refractivity contribution < 1.29 is 29.3 Å². The van der Waals surface area contributed by atoms with E-state index < -0.39 is 41.5 Å². The van der Waals surface area contributed by atoms with Gasteiger partial charge in [-0.05, 0) is 35.7 Å². The minimum atomic E-state index is -1.25. The van der Waals surface area contributed by atoms with E-state index in [2.05, 4.69) is 22.5 Å². The first-order chi connectivity index (χ1) is 16.8. The summed E-state index contributed by atoms with van der Waals surface area (Å²) in [5, 5.41) is 21.4. The lowest BCUT2D eigenvalue weighted by atomic mass is 9.70. The van der Waals surface area contributed by atoms with Gasteiger partial charge in [0.25, 0.3) is 5.91 Å². The molecule has 3 heterocycles. The topological polar surface area (TPSA) is 107 Å². The number of ether oxygens (including phenoxy) is 1. The average molecular weight is 543 g/mol. The van der Waals surface area contributed by atoms with Gasteiger partial charge in [0.2, 0.25) is 5.91 Å². The van der Waals surface area contributed by atoms with E-state index in [-0.39, 0.29) is 36.9 Å². The third-order valence-electron chi connectivity index (χ3n) is 7.49. The second-order valence-electron chi connectivity index (χ2n) is 9.38. The van der Waals surface area contributed by atoms with Crippen molar-refractivity contribution in [2.45, 2.75) is 35.4 Å². The molecule has 9 heteroatoms. The summed E-state index contributed by atoms with van der Waals surface area (Å²) in [7, 11) is 0. The van der Waals surface area contributed by atoms with Gasteiger partial charge in [-0.25, -0.2) is 0 Å². The number of carboxylic acids is 1. The Kier molecular flexibility index (Phi) is 6.19. The predicted molar refractivity (Wildman–Crippen MR) is 133 cm³/mol. The highest BCUT2D eigenvalue weighted by atomic mass is 79.9. The molecular formula is C26H27BrN2O6. The highest BCUT2D eigenvalue weighted by Crippen LogP contribution is 2.60. The molecule has 0 aliphatic carbocycles. The first kappa shape index (κ1) is 24.0. The molecule has 0 saturated carbocycles. The smallest absolute Gasteiger partial charge is 0.310 e. The number of carbonyl (C=O) groups excluding carboxylic acids is 2. The van der Waals surface area contributed by atoms with Crippen LogP contribution in [0.4, 0.5) is 5.69 Å². The van der Waals surface area contributed by atoms with Crippen LogP contribution in [-0.4, -0.2) is 75.2 Å². The van der Waals surface area contributed by atoms with Crippen LogP contribution < -0.4 is 4.90 Å². The molecule has 2 bridgehead atoms. The highest BCUT2D eigenvalue weighted by molar-refractivity contribution is 9.09. The molecule has 3 aliphatic heterocycles. The number of benzene rings is 2. The van der Waals surface area contributed by atoms with Crippen molar-refractivity contribution in [3.63, 3.8) is 0 Å². The fourth-order valence-corrected chi connectivity index (χ4v) is 7.06. The number of hydrogen-bond acceptors (Lipinski definition) is 5. The molecule has 5 rings (SSSR count). The molecule has 1 unspecified atom stereocenters. The first-order valence-electron chi connectivity index (χ1n) is 11.7. The van der Waals surface area contributed by atoms with Gasteiger partial charge in [0.1, 0.15) is 11.6 Å². The number of aliphatic hydroxyl groups is 1. The number of aliphatic carboxylic acids is 1. The van der Waals surface area contributed by atoms with E-state index in [1.54, 1.807) is 11.0 Å². The van der Waals surface area contributed by atoms with Crippen molar-refractivity contribution >= 4 is 50.2 Å². The quantitative estimate of drug-likeness (QED) is 0.392. The van der Waals surface area contributed by atoms with Gasteiger partial charge in [0.15, 0.2) is 0 Å². The Labute approximate surface area is 211 Å². The van der Waals surface area contributed by atoms with Crippen LogP contribution in [0.1, 0.15) is 12.8 Å². The van der Waals surface area contributed by atoms with Crippen LogP contribution in [0.5, 0.6) is 0 Å². The SMILES string of the molecule is C=CCN(C(=O)[C@H]1N(CCCO)C(=O)[C@@H]2[C@@H](C(=O)O)[C@@H]3O[C@@]21CC3Br)c1ccc2ccccc2c1. The van der Waals surface area contributed by atoms with Gasteiger partial charge in [-0.3, -0.25) is 14.4 Å². The van der Waals surface area contributed by atoms with Crippen molar-refractivity contribution in [2.75, 3.05) is 24.6 Å². The van der Waals surface area contributed by atoms with Gasteiger partial charge in [-0.15, -0.1) is 6.58 Å². The summed E-state index contributed by atoms with van der Waals surface area (Å²) < 4.78 is 6.29. The maximum absolute atomic E-state index is 14.3. The maximum atomic E-state index is 14.3. The minimum Gasteiger partial charge on any atom is -0.481 e. The Morgan fingerprint density at radius 3 is 2.69 bits per heavy atom. The minimum absolute atomic E-state index is 0.136. The third-order valence-corrected chi connectivity index (χ3v) is 8.33. The predicted octanol–water partition coefficient (Wildman–Crippen LogP) is 2.57. The summed E-state index contributed by atoms with van der Waals surface area (Å²) >= 11 is 3.55. The molecule has 2 aromatic rings. The van der Waals surface area contributed by atoms with Crippen molar-refractivity contribution in [3.05, 3.63) is 55.1 Å². The van der Waals surface area contributed by atoms with Crippen LogP contribution in [0.15, 0.2) is 55.1 Å². The van der Waals surface area contributed by atoms with E-state index in [0.29, 0.717) is 12.1 Å². The number of rotatable bonds is 8. The number of anilines is 1. The summed E-state index contributed by atoms with van der Waals surface area (Å²) in [4.78, 5) is 42.8. The number of alkyl halides is 1. The average Bonchev–Trinajstić information content (AvgIpc) is 3.44. The molecular weight excluding hydrogens is 516 g/mol. The van der Waals surface area contributed by atoms with E-state index in [0.717, 1.165) is 10.8 Å². The molecule has 1 spiro atoms. The van der Waals surface area contributed by atoms with Gasteiger partial charge in [-0.1, -0.05) is 52.3 Å². The van der Waals surface area contributed by atoms with Gasteiger partial charge < -0.3 is 24.7 Å². The van der Waals surface area contributed by atoms with E-state index in [9.17, 15) is 24.6 Å². The molecule has 8 nitrogen and oxygen atoms in total. The highest BCUT2D eigenvalue weighted by Gasteiger charge is 2.76. The number of nitrogens with zero attached hydrogens (tertiary/aromatic N) is 2. The number of fused-ring (bicyclic) bond motifs is 2. The maximum Gasteiger partial charge on any atom is 0.310 e. The molecule has 6 atom stereocenters. The zero-order chi connectivity index (χ0) is 24.9. The molecule has 184 valence electrons. The third kappa shape index (κ3) is 3.59. The number of carboxylic acid groups (broad SMARTS) is 1. The Hall–Kier alpha value is -2.75. The fourth-order valence-electron chi connectivity index (χ4n) is 6.12. The number of likely N-dealkylation sites (tertiary alicyclic amines) is 1. The van der Waals surface area contributed by atoms with Crippen LogP contribution in [0, 0.1) is 11.8 Å². The molecule has 35 heavy (non-hydrogen) atoms. The normalized spacial score (nSPS) is 31.1. The van der Waals surface area contributed by atoms with E-state index >= 15 is 0 Å². The van der Waals surface area contributed by atoms with Crippen molar-refractivity contribution in [2.24, 2.45) is 11.8 Å².